The van der Waals surface area contributed by atoms with Crippen molar-refractivity contribution in [1.82, 2.24) is 10.1 Å². The Balaban J connectivity index is 1.24. The number of nitrogens with zero attached hydrogens (tertiary/aromatic N) is 2. The lowest BCUT2D eigenvalue weighted by molar-refractivity contribution is -0.145. The van der Waals surface area contributed by atoms with Gasteiger partial charge in [-0.25, -0.2) is 0 Å². The van der Waals surface area contributed by atoms with Crippen LogP contribution in [0.25, 0.3) is 11.3 Å². The van der Waals surface area contributed by atoms with Crippen LogP contribution >= 0.6 is 11.6 Å². The van der Waals surface area contributed by atoms with Crippen LogP contribution < -0.4 is 0 Å². The van der Waals surface area contributed by atoms with Crippen molar-refractivity contribution in [1.29, 1.82) is 0 Å². The van der Waals surface area contributed by atoms with E-state index in [1.807, 2.05) is 12.1 Å². The second-order valence-corrected chi connectivity index (χ2v) is 7.19. The summed E-state index contributed by atoms with van der Waals surface area (Å²) < 4.78 is 10.4. The van der Waals surface area contributed by atoms with Crippen LogP contribution in [-0.4, -0.2) is 34.4 Å². The van der Waals surface area contributed by atoms with E-state index in [0.29, 0.717) is 34.0 Å². The number of amides is 2. The van der Waals surface area contributed by atoms with Crippen LogP contribution in [0.3, 0.4) is 0 Å². The highest BCUT2D eigenvalue weighted by atomic mass is 35.5. The van der Waals surface area contributed by atoms with Gasteiger partial charge in [-0.2, -0.15) is 0 Å². The van der Waals surface area contributed by atoms with Gasteiger partial charge in [-0.3, -0.25) is 19.3 Å². The Morgan fingerprint density at radius 3 is 2.37 bits per heavy atom. The Morgan fingerprint density at radius 2 is 1.70 bits per heavy atom. The number of fused-ring (bicyclic) bond motifs is 1. The third-order valence-corrected chi connectivity index (χ3v) is 4.97. The molecule has 0 atom stereocenters. The van der Waals surface area contributed by atoms with Gasteiger partial charge in [0.25, 0.3) is 11.8 Å². The molecule has 1 aliphatic heterocycles. The Labute approximate surface area is 177 Å². The highest BCUT2D eigenvalue weighted by Crippen LogP contribution is 2.23. The van der Waals surface area contributed by atoms with E-state index >= 15 is 0 Å². The average molecular weight is 425 g/mol. The standard InChI is InChI=1S/C22H17ClN2O5/c23-15-9-7-14(8-10-15)19-12-16(30-24-19)13-29-20(26)6-3-11-25-21(27)17-4-1-2-5-18(17)22(25)28/h1-2,4-5,7-10,12H,3,6,11,13H2. The number of halogens is 1. The number of imide groups is 1. The second-order valence-electron chi connectivity index (χ2n) is 6.76. The number of hydrogen-bond acceptors (Lipinski definition) is 6. The first-order valence-electron chi connectivity index (χ1n) is 9.35. The normalized spacial score (nSPS) is 12.9. The number of ether oxygens (including phenoxy) is 1. The summed E-state index contributed by atoms with van der Waals surface area (Å²) in [7, 11) is 0. The molecule has 0 aliphatic carbocycles. The van der Waals surface area contributed by atoms with Gasteiger partial charge in [0, 0.05) is 29.6 Å². The minimum atomic E-state index is -0.448. The fourth-order valence-electron chi connectivity index (χ4n) is 3.19. The maximum Gasteiger partial charge on any atom is 0.306 e. The molecule has 152 valence electrons. The summed E-state index contributed by atoms with van der Waals surface area (Å²) in [5.41, 5.74) is 2.24. The summed E-state index contributed by atoms with van der Waals surface area (Å²) in [4.78, 5) is 37.7. The molecule has 7 nitrogen and oxygen atoms in total. The zero-order chi connectivity index (χ0) is 21.1. The number of hydrogen-bond donors (Lipinski definition) is 0. The summed E-state index contributed by atoms with van der Waals surface area (Å²) in [6.45, 7) is 0.108. The summed E-state index contributed by atoms with van der Waals surface area (Å²) in [5.74, 6) is -0.703. The topological polar surface area (TPSA) is 89.7 Å². The Hall–Kier alpha value is -3.45. The van der Waals surface area contributed by atoms with Gasteiger partial charge >= 0.3 is 5.97 Å². The smallest absolute Gasteiger partial charge is 0.306 e. The molecule has 1 aromatic heterocycles. The zero-order valence-corrected chi connectivity index (χ0v) is 16.6. The van der Waals surface area contributed by atoms with E-state index in [0.717, 1.165) is 10.5 Å². The van der Waals surface area contributed by atoms with Crippen LogP contribution in [0.1, 0.15) is 39.3 Å². The van der Waals surface area contributed by atoms with Gasteiger partial charge in [-0.1, -0.05) is 41.0 Å². The molecular weight excluding hydrogens is 408 g/mol. The molecule has 0 N–H and O–H groups in total. The maximum atomic E-state index is 12.3. The fraction of sp³-hybridized carbons (Fsp3) is 0.182. The number of carbonyl (C=O) groups is 3. The lowest BCUT2D eigenvalue weighted by Gasteiger charge is -2.13. The van der Waals surface area contributed by atoms with E-state index in [1.165, 1.54) is 0 Å². The van der Waals surface area contributed by atoms with Crippen LogP contribution in [-0.2, 0) is 16.1 Å². The summed E-state index contributed by atoms with van der Waals surface area (Å²) in [5, 5.41) is 4.58. The predicted molar refractivity (Wildman–Crippen MR) is 108 cm³/mol. The van der Waals surface area contributed by atoms with Gasteiger partial charge in [0.15, 0.2) is 12.4 Å². The number of benzene rings is 2. The van der Waals surface area contributed by atoms with Crippen LogP contribution in [0.2, 0.25) is 5.02 Å². The van der Waals surface area contributed by atoms with Gasteiger partial charge < -0.3 is 9.26 Å². The van der Waals surface area contributed by atoms with Crippen molar-refractivity contribution in [2.75, 3.05) is 6.54 Å². The summed E-state index contributed by atoms with van der Waals surface area (Å²) in [6.07, 6.45) is 0.391. The molecule has 3 aromatic rings. The first kappa shape index (κ1) is 19.8. The van der Waals surface area contributed by atoms with Crippen molar-refractivity contribution in [3.8, 4) is 11.3 Å². The SMILES string of the molecule is O=C(CCCN1C(=O)c2ccccc2C1=O)OCc1cc(-c2ccc(Cl)cc2)no1. The summed E-state index contributed by atoms with van der Waals surface area (Å²) in [6, 6.07) is 15.5. The Bertz CT molecular complexity index is 1070. The second kappa shape index (κ2) is 8.51. The van der Waals surface area contributed by atoms with Crippen LogP contribution in [0, 0.1) is 0 Å². The summed E-state index contributed by atoms with van der Waals surface area (Å²) >= 11 is 5.87. The molecule has 0 radical (unpaired) electrons. The van der Waals surface area contributed by atoms with Crippen molar-refractivity contribution in [2.24, 2.45) is 0 Å². The molecule has 2 amide bonds. The minimum absolute atomic E-state index is 0.0492. The molecule has 0 saturated heterocycles. The molecule has 0 saturated carbocycles. The highest BCUT2D eigenvalue weighted by Gasteiger charge is 2.34. The molecule has 2 aromatic carbocycles. The lowest BCUT2D eigenvalue weighted by atomic mass is 10.1. The predicted octanol–water partition coefficient (Wildman–Crippen LogP) is 4.11. The molecule has 30 heavy (non-hydrogen) atoms. The molecule has 4 rings (SSSR count). The number of aromatic nitrogens is 1. The molecule has 0 bridgehead atoms. The monoisotopic (exact) mass is 424 g/mol. The molecule has 1 aliphatic rings. The van der Waals surface area contributed by atoms with Crippen LogP contribution in [0.4, 0.5) is 0 Å². The first-order valence-corrected chi connectivity index (χ1v) is 9.73. The quantitative estimate of drug-likeness (QED) is 0.418. The van der Waals surface area contributed by atoms with E-state index in [4.69, 9.17) is 20.9 Å². The molecule has 0 unspecified atom stereocenters. The highest BCUT2D eigenvalue weighted by molar-refractivity contribution is 6.30. The number of rotatable bonds is 7. The van der Waals surface area contributed by atoms with Crippen molar-refractivity contribution < 1.29 is 23.6 Å². The van der Waals surface area contributed by atoms with Crippen molar-refractivity contribution in [3.63, 3.8) is 0 Å². The third kappa shape index (κ3) is 4.11. The average Bonchev–Trinajstić information content (AvgIpc) is 3.32. The minimum Gasteiger partial charge on any atom is -0.457 e. The van der Waals surface area contributed by atoms with Gasteiger partial charge in [-0.15, -0.1) is 0 Å². The molecule has 2 heterocycles. The third-order valence-electron chi connectivity index (χ3n) is 4.72. The molecule has 0 fully saturated rings. The van der Waals surface area contributed by atoms with E-state index in [-0.39, 0.29) is 31.4 Å². The van der Waals surface area contributed by atoms with Gasteiger partial charge in [0.2, 0.25) is 0 Å². The molecular formula is C22H17ClN2O5. The zero-order valence-electron chi connectivity index (χ0n) is 15.8. The number of esters is 1. The van der Waals surface area contributed by atoms with Crippen LogP contribution in [0.5, 0.6) is 0 Å². The molecule has 0 spiro atoms. The largest absolute Gasteiger partial charge is 0.457 e. The van der Waals surface area contributed by atoms with E-state index < -0.39 is 5.97 Å². The Morgan fingerprint density at radius 1 is 1.03 bits per heavy atom. The van der Waals surface area contributed by atoms with Gasteiger partial charge in [0.1, 0.15) is 5.69 Å². The van der Waals surface area contributed by atoms with Crippen molar-refractivity contribution in [2.45, 2.75) is 19.4 Å². The lowest BCUT2D eigenvalue weighted by Crippen LogP contribution is -2.31. The van der Waals surface area contributed by atoms with Crippen molar-refractivity contribution >= 4 is 29.4 Å². The molecule has 8 heteroatoms. The van der Waals surface area contributed by atoms with Gasteiger partial charge in [0.05, 0.1) is 11.1 Å². The van der Waals surface area contributed by atoms with Gasteiger partial charge in [-0.05, 0) is 30.7 Å². The van der Waals surface area contributed by atoms with E-state index in [9.17, 15) is 14.4 Å². The Kier molecular flexibility index (Phi) is 5.63. The first-order chi connectivity index (χ1) is 14.5. The van der Waals surface area contributed by atoms with E-state index in [2.05, 4.69) is 5.16 Å². The maximum absolute atomic E-state index is 12.3. The van der Waals surface area contributed by atoms with Crippen molar-refractivity contribution in [3.05, 3.63) is 76.5 Å². The van der Waals surface area contributed by atoms with E-state index in [1.54, 1.807) is 42.5 Å². The fourth-order valence-corrected chi connectivity index (χ4v) is 3.31. The number of carbonyl (C=O) groups excluding carboxylic acids is 3. The van der Waals surface area contributed by atoms with Crippen LogP contribution in [0.15, 0.2) is 59.1 Å².